The summed E-state index contributed by atoms with van der Waals surface area (Å²) in [6.45, 7) is 0.0361. The van der Waals surface area contributed by atoms with E-state index in [1.54, 1.807) is 0 Å². The number of alkyl halides is 4. The van der Waals surface area contributed by atoms with Crippen LogP contribution >= 0.6 is 0 Å². The minimum atomic E-state index is -5.10. The Labute approximate surface area is 71.8 Å². The van der Waals surface area contributed by atoms with Crippen molar-refractivity contribution in [2.24, 2.45) is 5.73 Å². The van der Waals surface area contributed by atoms with Gasteiger partial charge in [0.2, 0.25) is 0 Å². The molecule has 78 valence electrons. The van der Waals surface area contributed by atoms with Crippen LogP contribution in [0.5, 0.6) is 0 Å². The van der Waals surface area contributed by atoms with Crippen LogP contribution in [0.2, 0.25) is 0 Å². The van der Waals surface area contributed by atoms with Gasteiger partial charge in [0.05, 0.1) is 6.67 Å². The summed E-state index contributed by atoms with van der Waals surface area (Å²) in [5.74, 6) is -2.41. The fourth-order valence-corrected chi connectivity index (χ4v) is 0.508. The summed E-state index contributed by atoms with van der Waals surface area (Å²) in [4.78, 5) is 10.2. The Balaban J connectivity index is 4.20. The van der Waals surface area contributed by atoms with Gasteiger partial charge >= 0.3 is 12.1 Å². The van der Waals surface area contributed by atoms with Gasteiger partial charge in [0.15, 0.2) is 5.72 Å². The average Bonchev–Trinajstić information content (AvgIpc) is 1.83. The zero-order valence-electron chi connectivity index (χ0n) is 6.82. The van der Waals surface area contributed by atoms with E-state index in [9.17, 15) is 22.4 Å². The molecule has 7 heteroatoms. The maximum Gasteiger partial charge on any atom is 0.490 e. The van der Waals surface area contributed by atoms with Crippen molar-refractivity contribution in [3.8, 4) is 0 Å². The highest BCUT2D eigenvalue weighted by Crippen LogP contribution is 2.20. The number of ether oxygens (including phenoxy) is 1. The third kappa shape index (κ3) is 4.66. The number of rotatable bonds is 3. The molecule has 0 saturated heterocycles. The molecular formula is C6H9F4NO2. The van der Waals surface area contributed by atoms with E-state index in [0.29, 0.717) is 0 Å². The summed E-state index contributed by atoms with van der Waals surface area (Å²) in [6.07, 6.45) is -5.58. The number of hydrogen-bond donors (Lipinski definition) is 1. The highest BCUT2D eigenvalue weighted by Gasteiger charge is 2.44. The van der Waals surface area contributed by atoms with Gasteiger partial charge in [-0.1, -0.05) is 0 Å². The topological polar surface area (TPSA) is 52.3 Å². The van der Waals surface area contributed by atoms with Gasteiger partial charge in [-0.3, -0.25) is 10.1 Å². The lowest BCUT2D eigenvalue weighted by atomic mass is 10.2. The van der Waals surface area contributed by atoms with E-state index in [1.807, 2.05) is 0 Å². The fourth-order valence-electron chi connectivity index (χ4n) is 0.508. The van der Waals surface area contributed by atoms with Gasteiger partial charge < -0.3 is 4.74 Å². The Hall–Kier alpha value is -0.850. The van der Waals surface area contributed by atoms with Crippen molar-refractivity contribution in [1.29, 1.82) is 0 Å². The Morgan fingerprint density at radius 3 is 2.23 bits per heavy atom. The average molecular weight is 203 g/mol. The Morgan fingerprint density at radius 2 is 1.92 bits per heavy atom. The molecule has 0 radical (unpaired) electrons. The first kappa shape index (κ1) is 12.2. The van der Waals surface area contributed by atoms with Crippen LogP contribution in [0.4, 0.5) is 17.6 Å². The number of esters is 1. The van der Waals surface area contributed by atoms with Crippen LogP contribution in [-0.4, -0.2) is 24.5 Å². The van der Waals surface area contributed by atoms with Crippen molar-refractivity contribution in [3.05, 3.63) is 0 Å². The maximum absolute atomic E-state index is 11.7. The maximum atomic E-state index is 11.7. The van der Waals surface area contributed by atoms with Crippen LogP contribution in [-0.2, 0) is 9.53 Å². The molecule has 1 unspecified atom stereocenters. The molecule has 0 aliphatic heterocycles. The molecule has 0 rings (SSSR count). The van der Waals surface area contributed by atoms with Crippen molar-refractivity contribution < 1.29 is 27.1 Å². The van der Waals surface area contributed by atoms with Crippen LogP contribution in [0, 0.1) is 0 Å². The molecule has 1 atom stereocenters. The van der Waals surface area contributed by atoms with Gasteiger partial charge in [-0.15, -0.1) is 0 Å². The van der Waals surface area contributed by atoms with Crippen LogP contribution < -0.4 is 5.73 Å². The van der Waals surface area contributed by atoms with Crippen LogP contribution in [0.1, 0.15) is 13.3 Å². The van der Waals surface area contributed by atoms with E-state index in [4.69, 9.17) is 5.73 Å². The smallest absolute Gasteiger partial charge is 0.438 e. The molecule has 2 N–H and O–H groups in total. The molecule has 0 saturated carbocycles. The Kier molecular flexibility index (Phi) is 3.65. The molecule has 0 heterocycles. The molecule has 0 spiro atoms. The summed E-state index contributed by atoms with van der Waals surface area (Å²) in [5.41, 5.74) is 3.13. The van der Waals surface area contributed by atoms with Gasteiger partial charge in [-0.05, 0) is 6.92 Å². The Bertz CT molecular complexity index is 190. The lowest BCUT2D eigenvalue weighted by Gasteiger charge is -2.23. The summed E-state index contributed by atoms with van der Waals surface area (Å²) >= 11 is 0. The van der Waals surface area contributed by atoms with E-state index in [1.165, 1.54) is 0 Å². The number of carbonyl (C=O) groups is 1. The molecule has 0 aromatic carbocycles. The summed E-state index contributed by atoms with van der Waals surface area (Å²) < 4.78 is 50.3. The van der Waals surface area contributed by atoms with Crippen molar-refractivity contribution in [3.63, 3.8) is 0 Å². The van der Waals surface area contributed by atoms with E-state index in [-0.39, 0.29) is 0 Å². The van der Waals surface area contributed by atoms with Gasteiger partial charge in [0.25, 0.3) is 0 Å². The van der Waals surface area contributed by atoms with E-state index < -0.39 is 31.0 Å². The second kappa shape index (κ2) is 3.91. The molecule has 0 aromatic heterocycles. The number of hydrogen-bond acceptors (Lipinski definition) is 3. The molecule has 0 aromatic rings. The molecule has 0 fully saturated rings. The second-order valence-corrected chi connectivity index (χ2v) is 2.64. The minimum absolute atomic E-state index is 0.477. The summed E-state index contributed by atoms with van der Waals surface area (Å²) in [6, 6.07) is 0. The van der Waals surface area contributed by atoms with Gasteiger partial charge in [0, 0.05) is 6.42 Å². The fraction of sp³-hybridized carbons (Fsp3) is 0.833. The monoisotopic (exact) mass is 203 g/mol. The van der Waals surface area contributed by atoms with Crippen LogP contribution in [0.25, 0.3) is 0 Å². The normalized spacial score (nSPS) is 16.5. The summed E-state index contributed by atoms with van der Waals surface area (Å²) in [5, 5.41) is 0. The largest absolute Gasteiger partial charge is 0.490 e. The SMILES string of the molecule is CC(N)(CCF)OC(=O)C(F)(F)F. The van der Waals surface area contributed by atoms with Crippen molar-refractivity contribution in [2.45, 2.75) is 25.2 Å². The zero-order valence-corrected chi connectivity index (χ0v) is 6.82. The number of nitrogens with two attached hydrogens (primary N) is 1. The quantitative estimate of drug-likeness (QED) is 0.425. The van der Waals surface area contributed by atoms with Crippen molar-refractivity contribution >= 4 is 5.97 Å². The molecule has 13 heavy (non-hydrogen) atoms. The van der Waals surface area contributed by atoms with E-state index in [0.717, 1.165) is 6.92 Å². The number of carbonyl (C=O) groups excluding carboxylic acids is 1. The van der Waals surface area contributed by atoms with Crippen molar-refractivity contribution in [1.82, 2.24) is 0 Å². The van der Waals surface area contributed by atoms with Gasteiger partial charge in [-0.2, -0.15) is 13.2 Å². The molecule has 0 aliphatic carbocycles. The van der Waals surface area contributed by atoms with E-state index in [2.05, 4.69) is 4.74 Å². The first-order valence-corrected chi connectivity index (χ1v) is 3.34. The zero-order chi connectivity index (χ0) is 10.7. The van der Waals surface area contributed by atoms with Crippen LogP contribution in [0.15, 0.2) is 0 Å². The molecule has 0 bridgehead atoms. The highest BCUT2D eigenvalue weighted by molar-refractivity contribution is 5.76. The lowest BCUT2D eigenvalue weighted by molar-refractivity contribution is -0.213. The molecule has 0 aliphatic rings. The van der Waals surface area contributed by atoms with Crippen LogP contribution in [0.3, 0.4) is 0 Å². The standard InChI is InChI=1S/C6H9F4NO2/c1-5(11,2-3-7)13-4(12)6(8,9)10/h2-3,11H2,1H3. The first-order valence-electron chi connectivity index (χ1n) is 3.34. The second-order valence-electron chi connectivity index (χ2n) is 2.64. The van der Waals surface area contributed by atoms with Gasteiger partial charge in [0.1, 0.15) is 0 Å². The van der Waals surface area contributed by atoms with Gasteiger partial charge in [-0.25, -0.2) is 4.79 Å². The number of halogens is 4. The minimum Gasteiger partial charge on any atom is -0.438 e. The predicted molar refractivity (Wildman–Crippen MR) is 35.3 cm³/mol. The Morgan fingerprint density at radius 1 is 1.46 bits per heavy atom. The van der Waals surface area contributed by atoms with E-state index >= 15 is 0 Å². The molecular weight excluding hydrogens is 194 g/mol. The highest BCUT2D eigenvalue weighted by atomic mass is 19.4. The molecule has 3 nitrogen and oxygen atoms in total. The molecule has 0 amide bonds. The third-order valence-corrected chi connectivity index (χ3v) is 1.15. The third-order valence-electron chi connectivity index (χ3n) is 1.15. The van der Waals surface area contributed by atoms with Crippen molar-refractivity contribution in [2.75, 3.05) is 6.67 Å². The first-order chi connectivity index (χ1) is 5.69. The predicted octanol–water partition coefficient (Wildman–Crippen LogP) is 1.13. The summed E-state index contributed by atoms with van der Waals surface area (Å²) in [7, 11) is 0. The lowest BCUT2D eigenvalue weighted by Crippen LogP contribution is -2.45.